The van der Waals surface area contributed by atoms with Gasteiger partial charge in [0.1, 0.15) is 0 Å². The lowest BCUT2D eigenvalue weighted by Crippen LogP contribution is -2.49. The summed E-state index contributed by atoms with van der Waals surface area (Å²) < 4.78 is 25.1. The van der Waals surface area contributed by atoms with Gasteiger partial charge in [0.2, 0.25) is 21.8 Å². The second kappa shape index (κ2) is 8.43. The highest BCUT2D eigenvalue weighted by Gasteiger charge is 2.58. The summed E-state index contributed by atoms with van der Waals surface area (Å²) >= 11 is 0. The van der Waals surface area contributed by atoms with E-state index >= 15 is 0 Å². The average molecular weight is 442 g/mol. The second-order valence-electron chi connectivity index (χ2n) is 8.26. The lowest BCUT2D eigenvalue weighted by atomic mass is 9.73. The number of benzene rings is 2. The number of sulfonamides is 1. The minimum Gasteiger partial charge on any atom is -0.338 e. The molecule has 1 saturated heterocycles. The number of hydrogen-bond acceptors (Lipinski definition) is 4. The quantitative estimate of drug-likeness (QED) is 0.687. The molecule has 0 aromatic heterocycles. The Morgan fingerprint density at radius 2 is 1.87 bits per heavy atom. The summed E-state index contributed by atoms with van der Waals surface area (Å²) in [5, 5.41) is 3.01. The number of carbonyl (C=O) groups is 2. The first kappa shape index (κ1) is 21.5. The molecule has 8 heteroatoms. The van der Waals surface area contributed by atoms with Crippen molar-refractivity contribution in [3.05, 3.63) is 65.7 Å². The van der Waals surface area contributed by atoms with Crippen molar-refractivity contribution in [3.63, 3.8) is 0 Å². The summed E-state index contributed by atoms with van der Waals surface area (Å²) in [6.45, 7) is 0.522. The molecule has 0 bridgehead atoms. The summed E-state index contributed by atoms with van der Waals surface area (Å²) in [5.41, 5.74) is 2.14. The van der Waals surface area contributed by atoms with Crippen LogP contribution in [0.1, 0.15) is 30.4 Å². The number of amides is 2. The predicted octanol–water partition coefficient (Wildman–Crippen LogP) is 2.05. The number of para-hydroxylation sites is 1. The zero-order valence-electron chi connectivity index (χ0n) is 17.5. The molecule has 0 unspecified atom stereocenters. The average Bonchev–Trinajstić information content (AvgIpc) is 3.25. The fourth-order valence-electron chi connectivity index (χ4n) is 4.94. The van der Waals surface area contributed by atoms with Gasteiger partial charge in [-0.25, -0.2) is 13.1 Å². The molecule has 31 heavy (non-hydrogen) atoms. The SMILES string of the molecule is CS(=O)(=O)NCCC(=O)N1CC[C@]2(C(=O)Nc3ccccc32)[C@@H]1CCc1ccccc1. The normalized spacial score (nSPS) is 22.5. The van der Waals surface area contributed by atoms with Crippen molar-refractivity contribution in [1.29, 1.82) is 0 Å². The van der Waals surface area contributed by atoms with Crippen molar-refractivity contribution < 1.29 is 18.0 Å². The molecule has 4 rings (SSSR count). The van der Waals surface area contributed by atoms with Crippen LogP contribution in [0.25, 0.3) is 0 Å². The molecular weight excluding hydrogens is 414 g/mol. The van der Waals surface area contributed by atoms with Gasteiger partial charge in [0.25, 0.3) is 0 Å². The number of anilines is 1. The summed E-state index contributed by atoms with van der Waals surface area (Å²) in [4.78, 5) is 28.1. The molecule has 2 aromatic carbocycles. The van der Waals surface area contributed by atoms with Crippen molar-refractivity contribution in [2.24, 2.45) is 0 Å². The van der Waals surface area contributed by atoms with E-state index in [1.165, 1.54) is 0 Å². The van der Waals surface area contributed by atoms with Crippen LogP contribution in [-0.2, 0) is 31.4 Å². The first-order valence-corrected chi connectivity index (χ1v) is 12.4. The van der Waals surface area contributed by atoms with E-state index in [2.05, 4.69) is 10.0 Å². The van der Waals surface area contributed by atoms with E-state index in [9.17, 15) is 18.0 Å². The van der Waals surface area contributed by atoms with E-state index in [1.54, 1.807) is 4.90 Å². The van der Waals surface area contributed by atoms with Crippen molar-refractivity contribution in [2.45, 2.75) is 37.1 Å². The molecule has 1 fully saturated rings. The van der Waals surface area contributed by atoms with Gasteiger partial charge in [0.15, 0.2) is 0 Å². The predicted molar refractivity (Wildman–Crippen MR) is 119 cm³/mol. The maximum absolute atomic E-state index is 13.2. The van der Waals surface area contributed by atoms with Crippen LogP contribution in [0.15, 0.2) is 54.6 Å². The maximum atomic E-state index is 13.2. The Kier molecular flexibility index (Phi) is 5.85. The van der Waals surface area contributed by atoms with Crippen LogP contribution >= 0.6 is 0 Å². The van der Waals surface area contributed by atoms with Crippen LogP contribution in [0.5, 0.6) is 0 Å². The van der Waals surface area contributed by atoms with Gasteiger partial charge in [0.05, 0.1) is 17.7 Å². The lowest BCUT2D eigenvalue weighted by Gasteiger charge is -2.34. The largest absolute Gasteiger partial charge is 0.338 e. The topological polar surface area (TPSA) is 95.6 Å². The van der Waals surface area contributed by atoms with E-state index < -0.39 is 15.4 Å². The molecule has 2 amide bonds. The number of fused-ring (bicyclic) bond motifs is 2. The van der Waals surface area contributed by atoms with Crippen molar-refractivity contribution in [2.75, 3.05) is 24.7 Å². The smallest absolute Gasteiger partial charge is 0.237 e. The highest BCUT2D eigenvalue weighted by molar-refractivity contribution is 7.88. The number of rotatable bonds is 7. The van der Waals surface area contributed by atoms with Crippen LogP contribution in [0.4, 0.5) is 5.69 Å². The number of likely N-dealkylation sites (tertiary alicyclic amines) is 1. The van der Waals surface area contributed by atoms with Crippen LogP contribution in [0, 0.1) is 0 Å². The van der Waals surface area contributed by atoms with Crippen molar-refractivity contribution in [3.8, 4) is 0 Å². The summed E-state index contributed by atoms with van der Waals surface area (Å²) in [6, 6.07) is 17.4. The Bertz CT molecular complexity index is 1090. The molecule has 2 aromatic rings. The van der Waals surface area contributed by atoms with Gasteiger partial charge >= 0.3 is 0 Å². The van der Waals surface area contributed by atoms with E-state index in [0.717, 1.165) is 29.5 Å². The molecule has 2 atom stereocenters. The van der Waals surface area contributed by atoms with E-state index in [0.29, 0.717) is 19.4 Å². The van der Waals surface area contributed by atoms with Crippen LogP contribution in [0.2, 0.25) is 0 Å². The molecule has 0 aliphatic carbocycles. The first-order valence-electron chi connectivity index (χ1n) is 10.5. The third kappa shape index (κ3) is 4.22. The lowest BCUT2D eigenvalue weighted by molar-refractivity contribution is -0.133. The number of nitrogens with zero attached hydrogens (tertiary/aromatic N) is 1. The number of hydrogen-bond donors (Lipinski definition) is 2. The third-order valence-electron chi connectivity index (χ3n) is 6.33. The maximum Gasteiger partial charge on any atom is 0.237 e. The molecule has 2 aliphatic heterocycles. The summed E-state index contributed by atoms with van der Waals surface area (Å²) in [6.07, 6.45) is 3.09. The van der Waals surface area contributed by atoms with Gasteiger partial charge in [-0.2, -0.15) is 0 Å². The second-order valence-corrected chi connectivity index (χ2v) is 10.1. The molecule has 2 heterocycles. The van der Waals surface area contributed by atoms with Crippen LogP contribution in [-0.4, -0.2) is 50.5 Å². The molecule has 0 radical (unpaired) electrons. The summed E-state index contributed by atoms with van der Waals surface area (Å²) in [7, 11) is -3.36. The van der Waals surface area contributed by atoms with Gasteiger partial charge in [0, 0.05) is 25.2 Å². The Morgan fingerprint density at radius 3 is 2.61 bits per heavy atom. The van der Waals surface area contributed by atoms with Crippen molar-refractivity contribution >= 4 is 27.5 Å². The molecule has 7 nitrogen and oxygen atoms in total. The van der Waals surface area contributed by atoms with Crippen LogP contribution < -0.4 is 10.0 Å². The van der Waals surface area contributed by atoms with Gasteiger partial charge in [-0.3, -0.25) is 9.59 Å². The highest BCUT2D eigenvalue weighted by atomic mass is 32.2. The monoisotopic (exact) mass is 441 g/mol. The Morgan fingerprint density at radius 1 is 1.16 bits per heavy atom. The Balaban J connectivity index is 1.61. The highest BCUT2D eigenvalue weighted by Crippen LogP contribution is 2.49. The zero-order chi connectivity index (χ0) is 22.1. The number of nitrogens with one attached hydrogen (secondary N) is 2. The number of aryl methyl sites for hydroxylation is 1. The Labute approximate surface area is 182 Å². The Hall–Kier alpha value is -2.71. The van der Waals surface area contributed by atoms with Gasteiger partial charge in [-0.05, 0) is 36.5 Å². The zero-order valence-corrected chi connectivity index (χ0v) is 18.3. The third-order valence-corrected chi connectivity index (χ3v) is 7.05. The van der Waals surface area contributed by atoms with Crippen molar-refractivity contribution in [1.82, 2.24) is 9.62 Å². The van der Waals surface area contributed by atoms with Gasteiger partial charge < -0.3 is 10.2 Å². The molecular formula is C23H27N3O4S. The number of carbonyl (C=O) groups excluding carboxylic acids is 2. The summed E-state index contributed by atoms with van der Waals surface area (Å²) in [5.74, 6) is -0.195. The van der Waals surface area contributed by atoms with E-state index in [4.69, 9.17) is 0 Å². The first-order chi connectivity index (χ1) is 14.8. The standard InChI is InChI=1S/C23H27N3O4S/c1-31(29,30)24-15-13-21(27)26-16-14-23(18-9-5-6-10-19(18)25-22(23)28)20(26)12-11-17-7-3-2-4-8-17/h2-10,20,24H,11-16H2,1H3,(H,25,28)/t20-,23+/m0/s1. The minimum absolute atomic E-state index is 0.0509. The van der Waals surface area contributed by atoms with E-state index in [-0.39, 0.29) is 30.8 Å². The minimum atomic E-state index is -3.36. The fourth-order valence-corrected chi connectivity index (χ4v) is 5.41. The fraction of sp³-hybridized carbons (Fsp3) is 0.391. The van der Waals surface area contributed by atoms with Gasteiger partial charge in [-0.1, -0.05) is 48.5 Å². The van der Waals surface area contributed by atoms with E-state index in [1.807, 2.05) is 54.6 Å². The van der Waals surface area contributed by atoms with Gasteiger partial charge in [-0.15, -0.1) is 0 Å². The molecule has 0 saturated carbocycles. The molecule has 164 valence electrons. The molecule has 1 spiro atoms. The molecule has 2 aliphatic rings. The van der Waals surface area contributed by atoms with Crippen LogP contribution in [0.3, 0.4) is 0 Å². The molecule has 2 N–H and O–H groups in total.